The van der Waals surface area contributed by atoms with Gasteiger partial charge in [0.05, 0.1) is 12.1 Å². The van der Waals surface area contributed by atoms with E-state index in [-0.39, 0.29) is 0 Å². The van der Waals surface area contributed by atoms with E-state index >= 15 is 0 Å². The molecule has 28 aromatic carbocycles. The molecular formula is C62N2. The first-order valence-electron chi connectivity index (χ1n) is 23.4. The second kappa shape index (κ2) is 4.83. The largest absolute Gasteiger partial charge is 0.197 e. The molecule has 0 spiro atoms. The van der Waals surface area contributed by atoms with Gasteiger partial charge >= 0.3 is 0 Å². The van der Waals surface area contributed by atoms with Gasteiger partial charge in [-0.15, -0.1) is 0 Å². The van der Waals surface area contributed by atoms with Crippen LogP contribution in [0.2, 0.25) is 0 Å². The zero-order chi connectivity index (χ0) is 37.9. The highest BCUT2D eigenvalue weighted by atomic mass is 14.7. The summed E-state index contributed by atoms with van der Waals surface area (Å²) in [6.07, 6.45) is 0. The van der Waals surface area contributed by atoms with Gasteiger partial charge < -0.3 is 0 Å². The molecule has 0 amide bonds. The zero-order valence-electron chi connectivity index (χ0n) is 31.9. The third-order valence-electron chi connectivity index (χ3n) is 23.6. The van der Waals surface area contributed by atoms with E-state index in [1.54, 1.807) is 97.0 Å². The Labute approximate surface area is 344 Å². The second-order valence-corrected chi connectivity index (χ2v) is 23.5. The maximum atomic E-state index is 13.0. The number of hydrogen-bond acceptors (Lipinski definition) is 2. The van der Waals surface area contributed by atoms with Crippen molar-refractivity contribution in [3.63, 3.8) is 0 Å². The Hall–Kier alpha value is -8.56. The maximum Gasteiger partial charge on any atom is 0.136 e. The van der Waals surface area contributed by atoms with E-state index in [1.165, 1.54) is 216 Å². The summed E-state index contributed by atoms with van der Waals surface area (Å²) in [5.74, 6) is 0. The minimum atomic E-state index is -1.16. The molecule has 0 bridgehead atoms. The number of nitrogens with zero attached hydrogens (tertiary/aromatic N) is 2. The molecule has 0 unspecified atom stereocenters. The molecule has 0 heterocycles. The molecule has 0 radical (unpaired) electrons. The maximum absolute atomic E-state index is 13.0. The van der Waals surface area contributed by atoms with Gasteiger partial charge in [0.1, 0.15) is 10.8 Å². The zero-order valence-corrected chi connectivity index (χ0v) is 31.9. The molecule has 0 atom stereocenters. The van der Waals surface area contributed by atoms with Gasteiger partial charge in [-0.25, -0.2) is 0 Å². The summed E-state index contributed by atoms with van der Waals surface area (Å²) in [6.45, 7) is 0. The van der Waals surface area contributed by atoms with Gasteiger partial charge in [-0.3, -0.25) is 0 Å². The van der Waals surface area contributed by atoms with Gasteiger partial charge in [0.2, 0.25) is 0 Å². The van der Waals surface area contributed by atoms with Crippen LogP contribution in [0, 0.1) is 22.7 Å². The Morgan fingerprint density at radius 3 is 0.297 bits per heavy atom. The lowest BCUT2D eigenvalue weighted by Gasteiger charge is -2.46. The Balaban J connectivity index is 1.32. The highest BCUT2D eigenvalue weighted by molar-refractivity contribution is 6.82. The summed E-state index contributed by atoms with van der Waals surface area (Å²) in [4.78, 5) is 0. The molecule has 258 valence electrons. The predicted octanol–water partition coefficient (Wildman–Crippen LogP) is 16.3. The number of nitriles is 2. The fraction of sp³-hybridized carbons (Fsp3) is 0.0323. The predicted molar refractivity (Wildman–Crippen MR) is 265 cm³/mol. The first-order chi connectivity index (χ1) is 31.9. The average molecular weight is 773 g/mol. The van der Waals surface area contributed by atoms with Crippen molar-refractivity contribution in [2.45, 2.75) is 10.8 Å². The molecule has 64 heavy (non-hydrogen) atoms. The highest BCUT2D eigenvalue weighted by Crippen LogP contribution is 2.84. The Kier molecular flexibility index (Phi) is 1.70. The van der Waals surface area contributed by atoms with Crippen molar-refractivity contribution in [2.24, 2.45) is 0 Å². The number of hydrogen-bond donors (Lipinski definition) is 0. The average Bonchev–Trinajstić information content (AvgIpc) is 4.16. The molecule has 2 nitrogen and oxygen atoms in total. The summed E-state index contributed by atoms with van der Waals surface area (Å²) >= 11 is 0. The van der Waals surface area contributed by atoms with Crippen LogP contribution in [0.3, 0.4) is 0 Å². The van der Waals surface area contributed by atoms with E-state index in [0.29, 0.717) is 0 Å². The van der Waals surface area contributed by atoms with Crippen LogP contribution in [-0.2, 0) is 10.8 Å². The van der Waals surface area contributed by atoms with Crippen LogP contribution in [-0.4, -0.2) is 0 Å². The minimum absolute atomic E-state index is 1.16. The van der Waals surface area contributed by atoms with E-state index < -0.39 is 10.8 Å². The third kappa shape index (κ3) is 1.07. The molecule has 28 aromatic rings. The molecule has 4 aliphatic rings. The van der Waals surface area contributed by atoms with Crippen LogP contribution in [0.15, 0.2) is 0 Å². The van der Waals surface area contributed by atoms with E-state index in [1.807, 2.05) is 0 Å². The molecule has 0 fully saturated rings. The smallest absolute Gasteiger partial charge is 0.136 e. The summed E-state index contributed by atoms with van der Waals surface area (Å²) in [7, 11) is 0. The summed E-state index contributed by atoms with van der Waals surface area (Å²) in [5.41, 5.74) is 2.59. The van der Waals surface area contributed by atoms with Gasteiger partial charge in [-0.05, 0) is 313 Å². The van der Waals surface area contributed by atoms with Crippen LogP contribution in [0.1, 0.15) is 22.3 Å². The van der Waals surface area contributed by atoms with Gasteiger partial charge in [0.25, 0.3) is 0 Å². The lowest BCUT2D eigenvalue weighted by Crippen LogP contribution is -2.50. The quantitative estimate of drug-likeness (QED) is 0.144. The van der Waals surface area contributed by atoms with Crippen molar-refractivity contribution in [1.29, 1.82) is 10.5 Å². The van der Waals surface area contributed by atoms with Crippen molar-refractivity contribution in [1.82, 2.24) is 0 Å². The molecule has 0 aliphatic heterocycles. The minimum Gasteiger partial charge on any atom is -0.197 e. The monoisotopic (exact) mass is 772 g/mol. The normalized spacial score (nSPS) is 22.5. The first kappa shape index (κ1) is 22.5. The van der Waals surface area contributed by atoms with Gasteiger partial charge in [0.15, 0.2) is 0 Å². The topological polar surface area (TPSA) is 47.6 Å². The van der Waals surface area contributed by atoms with Crippen LogP contribution in [0.4, 0.5) is 0 Å². The third-order valence-corrected chi connectivity index (χ3v) is 23.6. The van der Waals surface area contributed by atoms with Crippen molar-refractivity contribution in [2.75, 3.05) is 0 Å². The molecular weight excluding hydrogens is 773 g/mol. The summed E-state index contributed by atoms with van der Waals surface area (Å²) in [5, 5.41) is 107. The molecule has 0 saturated carbocycles. The molecule has 2 heteroatoms. The Bertz CT molecular complexity index is 6500. The molecule has 0 N–H and O–H groups in total. The summed E-state index contributed by atoms with van der Waals surface area (Å²) < 4.78 is 0. The van der Waals surface area contributed by atoms with Gasteiger partial charge in [-0.1, -0.05) is 0 Å². The van der Waals surface area contributed by atoms with Crippen molar-refractivity contribution < 1.29 is 0 Å². The van der Waals surface area contributed by atoms with E-state index in [4.69, 9.17) is 0 Å². The second-order valence-electron chi connectivity index (χ2n) is 23.5. The van der Waals surface area contributed by atoms with Crippen LogP contribution >= 0.6 is 0 Å². The molecule has 32 rings (SSSR count). The van der Waals surface area contributed by atoms with Crippen LogP contribution in [0.5, 0.6) is 0 Å². The fourth-order valence-corrected chi connectivity index (χ4v) is 23.6. The molecule has 0 aromatic heterocycles. The van der Waals surface area contributed by atoms with Gasteiger partial charge in [-0.2, -0.15) is 10.5 Å². The van der Waals surface area contributed by atoms with Crippen molar-refractivity contribution >= 4 is 291 Å². The van der Waals surface area contributed by atoms with E-state index in [9.17, 15) is 10.5 Å². The first-order valence-corrected chi connectivity index (χ1v) is 23.4. The van der Waals surface area contributed by atoms with E-state index in [2.05, 4.69) is 12.1 Å². The lowest BCUT2D eigenvalue weighted by molar-refractivity contribution is 0.497. The SMILES string of the molecule is N#CC12c3c4c5c6c7c8c(c9c%10c1c1c3c3c%11c4c4c5c5c7c7c%12c8c8c9c9c%10c%10c1c1c3c3c%11c%11c4c4c5c7c5c7c%12c8c8c9c9c%10c1c1c3c3c%11c4c5c4c7c8c9c1c34)C62C#N. The number of benzene rings is 18. The molecule has 0 saturated heterocycles. The van der Waals surface area contributed by atoms with Crippen molar-refractivity contribution in [3.8, 4) is 12.1 Å². The Morgan fingerprint density at radius 2 is 0.219 bits per heavy atom. The molecule has 4 aliphatic carbocycles. The summed E-state index contributed by atoms with van der Waals surface area (Å²) in [6, 6.07) is 6.69. The van der Waals surface area contributed by atoms with Crippen molar-refractivity contribution in [3.05, 3.63) is 22.3 Å². The standard InChI is InChI=1S/C62N2/c63-1-61-57-49-41-31-21-13-5-3-4-7-11-9(5)17-25-19(11)29-23-15(7)16-8(4)12-10-6(3)14(13)22-28-18(10)26-20(12)30-24(16)34-33(23)43-37(29)47-39(25)45(35(41)27(17)21)53(57)55(47)59-51(43)52-44(34)38(30)48-40(26)46-36(28)42(32(22)31)50(49)58(61)54(46)56(48)60(52)62(59,61)2-64. The number of rotatable bonds is 0. The van der Waals surface area contributed by atoms with E-state index in [0.717, 1.165) is 0 Å². The van der Waals surface area contributed by atoms with Gasteiger partial charge in [0, 0.05) is 0 Å². The van der Waals surface area contributed by atoms with Crippen LogP contribution in [0.25, 0.3) is 291 Å². The fourth-order valence-electron chi connectivity index (χ4n) is 23.6. The highest BCUT2D eigenvalue weighted by Gasteiger charge is 2.71. The Morgan fingerprint density at radius 1 is 0.141 bits per heavy atom. The lowest BCUT2D eigenvalue weighted by atomic mass is 9.49. The van der Waals surface area contributed by atoms with Crippen LogP contribution < -0.4 is 0 Å².